The van der Waals surface area contributed by atoms with Crippen LogP contribution in [0, 0.1) is 0 Å². The van der Waals surface area contributed by atoms with E-state index in [4.69, 9.17) is 0 Å². The maximum absolute atomic E-state index is 2.49. The van der Waals surface area contributed by atoms with Crippen LogP contribution in [0.15, 0.2) is 182 Å². The molecule has 58 heavy (non-hydrogen) atoms. The Labute approximate surface area is 339 Å². The lowest BCUT2D eigenvalue weighted by Crippen LogP contribution is -2.18. The van der Waals surface area contributed by atoms with E-state index in [1.807, 2.05) is 0 Å². The Balaban J connectivity index is 1.03. The molecule has 2 nitrogen and oxygen atoms in total. The van der Waals surface area contributed by atoms with Gasteiger partial charge in [-0.25, -0.2) is 0 Å². The molecule has 2 heteroatoms. The summed E-state index contributed by atoms with van der Waals surface area (Å²) in [6.45, 7) is 9.55. The third-order valence-electron chi connectivity index (χ3n) is 13.6. The van der Waals surface area contributed by atoms with E-state index >= 15 is 0 Å². The quantitative estimate of drug-likeness (QED) is 0.174. The lowest BCUT2D eigenvalue weighted by atomic mass is 9.82. The molecule has 2 aliphatic rings. The molecule has 0 atom stereocenters. The summed E-state index contributed by atoms with van der Waals surface area (Å²) in [5.41, 5.74) is 17.6. The molecule has 0 N–H and O–H groups in total. The first-order chi connectivity index (χ1) is 28.3. The minimum atomic E-state index is -0.228. The highest BCUT2D eigenvalue weighted by molar-refractivity contribution is 6.21. The molecule has 276 valence electrons. The van der Waals surface area contributed by atoms with Gasteiger partial charge >= 0.3 is 0 Å². The summed E-state index contributed by atoms with van der Waals surface area (Å²) in [6, 6.07) is 68.1. The largest absolute Gasteiger partial charge is 0.310 e. The van der Waals surface area contributed by atoms with E-state index in [1.165, 1.54) is 111 Å². The summed E-state index contributed by atoms with van der Waals surface area (Å²) in [5.74, 6) is 0. The van der Waals surface area contributed by atoms with Crippen molar-refractivity contribution in [1.29, 1.82) is 0 Å². The summed E-state index contributed by atoms with van der Waals surface area (Å²) in [6.07, 6.45) is 0. The number of hydrogen-bond donors (Lipinski definition) is 0. The number of fused-ring (bicyclic) bond motifs is 12. The number of nitrogens with zero attached hydrogens (tertiary/aromatic N) is 2. The molecule has 9 aromatic carbocycles. The molecule has 0 saturated heterocycles. The van der Waals surface area contributed by atoms with E-state index in [2.05, 4.69) is 219 Å². The molecule has 0 aliphatic heterocycles. The van der Waals surface area contributed by atoms with Crippen LogP contribution in [0.3, 0.4) is 0 Å². The first kappa shape index (κ1) is 33.3. The molecule has 0 unspecified atom stereocenters. The molecule has 1 heterocycles. The Morgan fingerprint density at radius 1 is 0.379 bits per heavy atom. The Bertz CT molecular complexity index is 3350. The van der Waals surface area contributed by atoms with Gasteiger partial charge in [0.15, 0.2) is 0 Å². The van der Waals surface area contributed by atoms with Gasteiger partial charge in [-0.3, -0.25) is 0 Å². The lowest BCUT2D eigenvalue weighted by molar-refractivity contribution is 0.659. The summed E-state index contributed by atoms with van der Waals surface area (Å²) < 4.78 is 2.47. The minimum Gasteiger partial charge on any atom is -0.310 e. The molecule has 0 spiro atoms. The van der Waals surface area contributed by atoms with Crippen LogP contribution < -0.4 is 4.90 Å². The summed E-state index contributed by atoms with van der Waals surface area (Å²) >= 11 is 0. The Hall–Kier alpha value is -6.90. The Morgan fingerprint density at radius 2 is 0.914 bits per heavy atom. The highest BCUT2D eigenvalue weighted by Gasteiger charge is 2.38. The van der Waals surface area contributed by atoms with Gasteiger partial charge in [0, 0.05) is 44.1 Å². The van der Waals surface area contributed by atoms with Crippen molar-refractivity contribution in [3.8, 4) is 27.9 Å². The van der Waals surface area contributed by atoms with Crippen LogP contribution in [0.4, 0.5) is 17.1 Å². The van der Waals surface area contributed by atoms with Crippen LogP contribution in [0.1, 0.15) is 49.9 Å². The molecule has 0 amide bonds. The van der Waals surface area contributed by atoms with Crippen LogP contribution >= 0.6 is 0 Å². The average molecular weight is 743 g/mol. The van der Waals surface area contributed by atoms with Crippen molar-refractivity contribution in [2.75, 3.05) is 4.90 Å². The number of benzene rings is 9. The SMILES string of the molecule is CC1(C)c2ccccc2-c2ccc(N(c3ccc4c(c3)C(C)(C)c3cc(-n5c6ccccc6c6c7ccccc7ccc65)ccc3-4)c3cccc4ccccc34)cc21. The topological polar surface area (TPSA) is 8.17 Å². The lowest BCUT2D eigenvalue weighted by Gasteiger charge is -2.30. The number of hydrogen-bond acceptors (Lipinski definition) is 1. The van der Waals surface area contributed by atoms with Crippen molar-refractivity contribution < 1.29 is 0 Å². The van der Waals surface area contributed by atoms with E-state index in [1.54, 1.807) is 0 Å². The highest BCUT2D eigenvalue weighted by Crippen LogP contribution is 2.54. The summed E-state index contributed by atoms with van der Waals surface area (Å²) in [4.78, 5) is 2.49. The average Bonchev–Trinajstić information content (AvgIpc) is 3.80. The normalized spacial score (nSPS) is 14.5. The van der Waals surface area contributed by atoms with Gasteiger partial charge in [0.05, 0.1) is 16.7 Å². The Kier molecular flexibility index (Phi) is 6.78. The molecule has 0 bridgehead atoms. The molecule has 12 rings (SSSR count). The predicted octanol–water partition coefficient (Wildman–Crippen LogP) is 15.2. The second-order valence-electron chi connectivity index (χ2n) is 17.4. The molecular weight excluding hydrogens is 701 g/mol. The van der Waals surface area contributed by atoms with Crippen molar-refractivity contribution in [3.05, 3.63) is 204 Å². The van der Waals surface area contributed by atoms with Gasteiger partial charge in [-0.1, -0.05) is 155 Å². The van der Waals surface area contributed by atoms with Crippen molar-refractivity contribution >= 4 is 60.4 Å². The van der Waals surface area contributed by atoms with Gasteiger partial charge in [0.1, 0.15) is 0 Å². The fourth-order valence-corrected chi connectivity index (χ4v) is 10.7. The van der Waals surface area contributed by atoms with Gasteiger partial charge in [-0.15, -0.1) is 0 Å². The molecule has 0 saturated carbocycles. The zero-order valence-electron chi connectivity index (χ0n) is 33.2. The fourth-order valence-electron chi connectivity index (χ4n) is 10.7. The maximum atomic E-state index is 2.49. The van der Waals surface area contributed by atoms with Gasteiger partial charge in [0.25, 0.3) is 0 Å². The molecule has 10 aromatic rings. The molecule has 2 aliphatic carbocycles. The number of para-hydroxylation sites is 1. The Morgan fingerprint density at radius 3 is 1.66 bits per heavy atom. The first-order valence-electron chi connectivity index (χ1n) is 20.5. The van der Waals surface area contributed by atoms with Crippen molar-refractivity contribution in [3.63, 3.8) is 0 Å². The van der Waals surface area contributed by atoms with Gasteiger partial charge < -0.3 is 9.47 Å². The fraction of sp³-hybridized carbons (Fsp3) is 0.107. The third kappa shape index (κ3) is 4.49. The van der Waals surface area contributed by atoms with E-state index in [0.29, 0.717) is 0 Å². The number of aromatic nitrogens is 1. The maximum Gasteiger partial charge on any atom is 0.0547 e. The van der Waals surface area contributed by atoms with Crippen LogP contribution in [0.2, 0.25) is 0 Å². The van der Waals surface area contributed by atoms with Crippen LogP contribution in [-0.2, 0) is 10.8 Å². The second-order valence-corrected chi connectivity index (χ2v) is 17.4. The molecule has 0 fully saturated rings. The molecule has 1 aromatic heterocycles. The van der Waals surface area contributed by atoms with E-state index in [-0.39, 0.29) is 10.8 Å². The van der Waals surface area contributed by atoms with Crippen molar-refractivity contribution in [1.82, 2.24) is 4.57 Å². The van der Waals surface area contributed by atoms with Crippen LogP contribution in [0.5, 0.6) is 0 Å². The summed E-state index contributed by atoms with van der Waals surface area (Å²) in [7, 11) is 0. The van der Waals surface area contributed by atoms with Crippen LogP contribution in [-0.4, -0.2) is 4.57 Å². The van der Waals surface area contributed by atoms with E-state index in [0.717, 1.165) is 0 Å². The van der Waals surface area contributed by atoms with E-state index < -0.39 is 0 Å². The monoisotopic (exact) mass is 742 g/mol. The first-order valence-corrected chi connectivity index (χ1v) is 20.5. The van der Waals surface area contributed by atoms with E-state index in [9.17, 15) is 0 Å². The third-order valence-corrected chi connectivity index (χ3v) is 13.6. The molecular formula is C56H42N2. The summed E-state index contributed by atoms with van der Waals surface area (Å²) in [5, 5.41) is 7.63. The standard InChI is InChI=1S/C56H42N2/c1-55(2)47-21-11-9-19-42(47)43-28-25-37(32-48(43)55)57(51-23-13-16-35-14-5-7-17-40(35)51)38-26-29-44-45-30-27-39(34-50(45)56(3,4)49(44)33-38)58-52-22-12-10-20-46(52)54-41-18-8-6-15-36(41)24-31-53(54)58/h5-34H,1-4H3. The van der Waals surface area contributed by atoms with Crippen molar-refractivity contribution in [2.24, 2.45) is 0 Å². The van der Waals surface area contributed by atoms with Gasteiger partial charge in [-0.2, -0.15) is 0 Å². The number of rotatable bonds is 4. The minimum absolute atomic E-state index is 0.102. The smallest absolute Gasteiger partial charge is 0.0547 e. The second kappa shape index (κ2) is 11.8. The van der Waals surface area contributed by atoms with Gasteiger partial charge in [-0.05, 0) is 115 Å². The van der Waals surface area contributed by atoms with Crippen LogP contribution in [0.25, 0.3) is 71.3 Å². The van der Waals surface area contributed by atoms with Gasteiger partial charge in [0.2, 0.25) is 0 Å². The highest BCUT2D eigenvalue weighted by atomic mass is 15.1. The predicted molar refractivity (Wildman–Crippen MR) is 246 cm³/mol. The molecule has 0 radical (unpaired) electrons. The zero-order chi connectivity index (χ0) is 38.9. The van der Waals surface area contributed by atoms with Crippen molar-refractivity contribution in [2.45, 2.75) is 38.5 Å². The zero-order valence-corrected chi connectivity index (χ0v) is 33.2. The number of anilines is 3.